The van der Waals surface area contributed by atoms with Crippen LogP contribution in [-0.4, -0.2) is 78.3 Å². The van der Waals surface area contributed by atoms with Gasteiger partial charge >= 0.3 is 5.69 Å². The van der Waals surface area contributed by atoms with E-state index in [-0.39, 0.29) is 16.9 Å². The van der Waals surface area contributed by atoms with Crippen LogP contribution in [0.25, 0.3) is 22.2 Å². The third kappa shape index (κ3) is 5.76. The van der Waals surface area contributed by atoms with Crippen LogP contribution < -0.4 is 20.6 Å². The van der Waals surface area contributed by atoms with Crippen molar-refractivity contribution in [3.05, 3.63) is 77.2 Å². The van der Waals surface area contributed by atoms with Crippen molar-refractivity contribution in [2.24, 2.45) is 17.3 Å². The molecule has 2 aliphatic carbocycles. The van der Waals surface area contributed by atoms with Crippen LogP contribution in [-0.2, 0) is 0 Å². The first-order valence-electron chi connectivity index (χ1n) is 17.7. The van der Waals surface area contributed by atoms with E-state index in [1.165, 1.54) is 18.5 Å². The van der Waals surface area contributed by atoms with Gasteiger partial charge in [0.15, 0.2) is 5.82 Å². The molecule has 2 saturated carbocycles. The summed E-state index contributed by atoms with van der Waals surface area (Å²) in [7, 11) is 0. The van der Waals surface area contributed by atoms with Crippen molar-refractivity contribution in [2.45, 2.75) is 64.0 Å². The highest BCUT2D eigenvalue weighted by Gasteiger charge is 2.53. The molecular weight excluding hydrogens is 635 g/mol. The van der Waals surface area contributed by atoms with E-state index in [0.29, 0.717) is 52.8 Å². The Morgan fingerprint density at radius 1 is 1.00 bits per heavy atom. The first-order chi connectivity index (χ1) is 24.3. The summed E-state index contributed by atoms with van der Waals surface area (Å²) < 4.78 is 21.0. The zero-order valence-electron chi connectivity index (χ0n) is 28.3. The first kappa shape index (κ1) is 31.1. The fourth-order valence-corrected chi connectivity index (χ4v) is 8.76. The Morgan fingerprint density at radius 3 is 2.66 bits per heavy atom. The molecule has 4 aliphatic rings. The van der Waals surface area contributed by atoms with Crippen LogP contribution in [0.3, 0.4) is 0 Å². The molecule has 2 saturated heterocycles. The largest absolute Gasteiger partial charge is 0.434 e. The van der Waals surface area contributed by atoms with Crippen LogP contribution in [0.4, 0.5) is 15.9 Å². The molecular formula is C37H41FN10O2. The van der Waals surface area contributed by atoms with Gasteiger partial charge in [-0.3, -0.25) is 4.90 Å². The summed E-state index contributed by atoms with van der Waals surface area (Å²) in [6.07, 6.45) is 10.2. The summed E-state index contributed by atoms with van der Waals surface area (Å²) in [5.41, 5.74) is 5.01. The number of nitrogens with one attached hydrogen (secondary N) is 3. The molecule has 0 unspecified atom stereocenters. The molecule has 12 nitrogen and oxygen atoms in total. The van der Waals surface area contributed by atoms with Gasteiger partial charge in [-0.2, -0.15) is 0 Å². The minimum Gasteiger partial charge on any atom is -0.434 e. The quantitative estimate of drug-likeness (QED) is 0.168. The number of fused-ring (bicyclic) bond motifs is 1. The lowest BCUT2D eigenvalue weighted by molar-refractivity contribution is -0.0656. The number of hydrogen-bond donors (Lipinski definition) is 3. The fourth-order valence-electron chi connectivity index (χ4n) is 8.76. The molecule has 258 valence electrons. The number of imidazole rings is 1. The van der Waals surface area contributed by atoms with Crippen molar-refractivity contribution < 1.29 is 9.13 Å². The zero-order valence-corrected chi connectivity index (χ0v) is 28.3. The van der Waals surface area contributed by atoms with Crippen molar-refractivity contribution in [1.82, 2.24) is 40.0 Å². The summed E-state index contributed by atoms with van der Waals surface area (Å²) in [5.74, 6) is 2.66. The van der Waals surface area contributed by atoms with Gasteiger partial charge in [-0.25, -0.2) is 24.1 Å². The monoisotopic (exact) mass is 676 g/mol. The van der Waals surface area contributed by atoms with Crippen molar-refractivity contribution >= 4 is 22.5 Å². The van der Waals surface area contributed by atoms with E-state index in [2.05, 4.69) is 64.1 Å². The van der Waals surface area contributed by atoms with Crippen LogP contribution in [0.15, 0.2) is 60.0 Å². The van der Waals surface area contributed by atoms with Crippen LogP contribution in [0.5, 0.6) is 11.6 Å². The maximum atomic E-state index is 14.6. The molecule has 5 heterocycles. The predicted molar refractivity (Wildman–Crippen MR) is 188 cm³/mol. The number of H-pyrrole nitrogens is 2. The molecule has 3 N–H and O–H groups in total. The average molecular weight is 677 g/mol. The summed E-state index contributed by atoms with van der Waals surface area (Å²) in [5, 5.41) is 12.1. The van der Waals surface area contributed by atoms with E-state index in [0.717, 1.165) is 86.3 Å². The zero-order chi connectivity index (χ0) is 34.0. The van der Waals surface area contributed by atoms with Gasteiger partial charge in [0, 0.05) is 72.6 Å². The number of aromatic amines is 2. The van der Waals surface area contributed by atoms with Gasteiger partial charge in [-0.1, -0.05) is 13.8 Å². The Kier molecular flexibility index (Phi) is 7.56. The van der Waals surface area contributed by atoms with Gasteiger partial charge in [0.1, 0.15) is 24.2 Å². The van der Waals surface area contributed by atoms with Crippen molar-refractivity contribution in [3.63, 3.8) is 0 Å². The number of hydrogen-bond acceptors (Lipinski definition) is 10. The number of anilines is 2. The van der Waals surface area contributed by atoms with Gasteiger partial charge in [-0.15, -0.1) is 10.2 Å². The lowest BCUT2D eigenvalue weighted by Gasteiger charge is -2.57. The first-order valence-corrected chi connectivity index (χ1v) is 17.7. The highest BCUT2D eigenvalue weighted by Crippen LogP contribution is 2.49. The molecule has 50 heavy (non-hydrogen) atoms. The predicted octanol–water partition coefficient (Wildman–Crippen LogP) is 5.73. The van der Waals surface area contributed by atoms with Gasteiger partial charge in [0.05, 0.1) is 16.7 Å². The number of likely N-dealkylation sites (tertiary alicyclic amines) is 1. The second-order valence-corrected chi connectivity index (χ2v) is 15.2. The van der Waals surface area contributed by atoms with E-state index in [4.69, 9.17) is 4.74 Å². The molecule has 1 atom stereocenters. The van der Waals surface area contributed by atoms with Crippen LogP contribution in [0.1, 0.15) is 57.6 Å². The number of nitrogens with zero attached hydrogens (tertiary/aromatic N) is 7. The molecule has 4 fully saturated rings. The Hall–Kier alpha value is -4.91. The van der Waals surface area contributed by atoms with Crippen LogP contribution in [0.2, 0.25) is 0 Å². The lowest BCUT2D eigenvalue weighted by Crippen LogP contribution is -2.65. The molecule has 0 amide bonds. The van der Waals surface area contributed by atoms with Gasteiger partial charge in [0.2, 0.25) is 0 Å². The van der Waals surface area contributed by atoms with E-state index in [1.807, 2.05) is 18.2 Å². The highest BCUT2D eigenvalue weighted by molar-refractivity contribution is 5.79. The Bertz CT molecular complexity index is 2100. The number of rotatable bonds is 10. The second-order valence-electron chi connectivity index (χ2n) is 15.2. The SMILES string of the molecule is CC(C)[C@H](C1CC(Nc2ccc3[nH]c(=O)[nH]c3c2)C1)N1CC2(CCN(c3ncnnc3Oc3ccc(F)cc3-c3cncnc3C3CC3)C2)C1. The third-order valence-corrected chi connectivity index (χ3v) is 11.2. The summed E-state index contributed by atoms with van der Waals surface area (Å²) in [4.78, 5) is 35.7. The molecule has 2 aromatic carbocycles. The topological polar surface area (TPSA) is 141 Å². The fraction of sp³-hybridized carbons (Fsp3) is 0.459. The standard InChI is InChI=1S/C37H41FN10O2/c1-21(2)33(23-11-26(12-23)43-25-6-7-29-30(14-25)45-36(49)44-29)48-17-37(18-48)9-10-47(16-37)34-35(46-42-20-41-34)50-31-8-5-24(38)13-27(31)28-15-39-19-40-32(28)22-3-4-22/h5-8,13-15,19-23,26,33,43H,3-4,9-12,16-18H2,1-2H3,(H2,44,45,49)/t23?,26?,33-/m1/s1. The van der Waals surface area contributed by atoms with E-state index in [1.54, 1.807) is 18.6 Å². The minimum atomic E-state index is -0.354. The molecule has 0 radical (unpaired) electrons. The Labute approximate surface area is 288 Å². The number of aromatic nitrogens is 7. The lowest BCUT2D eigenvalue weighted by atomic mass is 9.68. The van der Waals surface area contributed by atoms with E-state index in [9.17, 15) is 9.18 Å². The van der Waals surface area contributed by atoms with Gasteiger partial charge in [0.25, 0.3) is 5.88 Å². The van der Waals surface area contributed by atoms with Gasteiger partial charge in [-0.05, 0) is 80.3 Å². The number of ether oxygens (including phenoxy) is 1. The van der Waals surface area contributed by atoms with Crippen LogP contribution >= 0.6 is 0 Å². The van der Waals surface area contributed by atoms with Crippen LogP contribution in [0, 0.1) is 23.1 Å². The summed E-state index contributed by atoms with van der Waals surface area (Å²) in [6, 6.07) is 11.5. The van der Waals surface area contributed by atoms with Gasteiger partial charge < -0.3 is 24.9 Å². The number of benzene rings is 2. The molecule has 3 aromatic heterocycles. The highest BCUT2D eigenvalue weighted by atomic mass is 19.1. The average Bonchev–Trinajstić information content (AvgIpc) is 3.71. The van der Waals surface area contributed by atoms with E-state index >= 15 is 0 Å². The molecule has 13 heteroatoms. The normalized spacial score (nSPS) is 22.1. The molecule has 9 rings (SSSR count). The molecule has 0 bridgehead atoms. The third-order valence-electron chi connectivity index (χ3n) is 11.2. The Morgan fingerprint density at radius 2 is 1.84 bits per heavy atom. The maximum Gasteiger partial charge on any atom is 0.323 e. The Balaban J connectivity index is 0.859. The molecule has 1 spiro atoms. The smallest absolute Gasteiger partial charge is 0.323 e. The van der Waals surface area contributed by atoms with Crippen molar-refractivity contribution in [1.29, 1.82) is 0 Å². The van der Waals surface area contributed by atoms with Crippen molar-refractivity contribution in [2.75, 3.05) is 36.4 Å². The summed E-state index contributed by atoms with van der Waals surface area (Å²) in [6.45, 7) is 8.55. The summed E-state index contributed by atoms with van der Waals surface area (Å²) >= 11 is 0. The maximum absolute atomic E-state index is 14.6. The minimum absolute atomic E-state index is 0.179. The molecule has 5 aromatic rings. The number of halogens is 1. The second kappa shape index (κ2) is 12.1. The molecule has 2 aliphatic heterocycles. The van der Waals surface area contributed by atoms with Crippen molar-refractivity contribution in [3.8, 4) is 22.8 Å². The van der Waals surface area contributed by atoms with E-state index < -0.39 is 0 Å².